The molecular weight excluding hydrogens is 230 g/mol. The SMILES string of the molecule is CC(C)Nc1ncccc1C(=O)N1CC[C@@H](O)C1. The molecule has 1 saturated heterocycles. The van der Waals surface area contributed by atoms with Crippen LogP contribution >= 0.6 is 0 Å². The van der Waals surface area contributed by atoms with Crippen LogP contribution in [-0.2, 0) is 0 Å². The fourth-order valence-electron chi connectivity index (χ4n) is 2.06. The molecule has 0 radical (unpaired) electrons. The molecule has 0 unspecified atom stereocenters. The normalized spacial score (nSPS) is 19.3. The molecule has 5 heteroatoms. The number of rotatable bonds is 3. The van der Waals surface area contributed by atoms with Crippen molar-refractivity contribution in [3.05, 3.63) is 23.9 Å². The largest absolute Gasteiger partial charge is 0.391 e. The van der Waals surface area contributed by atoms with Crippen LogP contribution in [0.4, 0.5) is 5.82 Å². The van der Waals surface area contributed by atoms with Gasteiger partial charge in [0.2, 0.25) is 0 Å². The zero-order chi connectivity index (χ0) is 13.1. The Balaban J connectivity index is 2.19. The molecule has 2 rings (SSSR count). The highest BCUT2D eigenvalue weighted by Gasteiger charge is 2.27. The minimum atomic E-state index is -0.396. The van der Waals surface area contributed by atoms with E-state index in [4.69, 9.17) is 0 Å². The average molecular weight is 249 g/mol. The summed E-state index contributed by atoms with van der Waals surface area (Å²) in [4.78, 5) is 18.2. The molecule has 1 atom stereocenters. The summed E-state index contributed by atoms with van der Waals surface area (Å²) in [6.07, 6.45) is 1.92. The van der Waals surface area contributed by atoms with Crippen LogP contribution in [0.5, 0.6) is 0 Å². The van der Waals surface area contributed by atoms with Gasteiger partial charge in [0, 0.05) is 25.3 Å². The number of aliphatic hydroxyl groups excluding tert-OH is 1. The van der Waals surface area contributed by atoms with Gasteiger partial charge in [0.25, 0.3) is 5.91 Å². The maximum absolute atomic E-state index is 12.3. The highest BCUT2D eigenvalue weighted by atomic mass is 16.3. The number of β-amino-alcohol motifs (C(OH)–C–C–N with tert-alkyl or cyclic N) is 1. The van der Waals surface area contributed by atoms with Gasteiger partial charge in [0.15, 0.2) is 0 Å². The van der Waals surface area contributed by atoms with Gasteiger partial charge in [0.1, 0.15) is 5.82 Å². The number of pyridine rings is 1. The second kappa shape index (κ2) is 5.35. The predicted molar refractivity (Wildman–Crippen MR) is 69.5 cm³/mol. The average Bonchev–Trinajstić information content (AvgIpc) is 2.75. The monoisotopic (exact) mass is 249 g/mol. The van der Waals surface area contributed by atoms with Gasteiger partial charge < -0.3 is 15.3 Å². The fourth-order valence-corrected chi connectivity index (χ4v) is 2.06. The van der Waals surface area contributed by atoms with E-state index < -0.39 is 6.10 Å². The van der Waals surface area contributed by atoms with E-state index >= 15 is 0 Å². The van der Waals surface area contributed by atoms with Gasteiger partial charge in [0.05, 0.1) is 11.7 Å². The molecule has 0 bridgehead atoms. The molecule has 1 aliphatic heterocycles. The molecule has 0 spiro atoms. The van der Waals surface area contributed by atoms with E-state index in [2.05, 4.69) is 10.3 Å². The highest BCUT2D eigenvalue weighted by molar-refractivity contribution is 5.98. The van der Waals surface area contributed by atoms with Crippen molar-refractivity contribution < 1.29 is 9.90 Å². The molecule has 1 aromatic rings. The van der Waals surface area contributed by atoms with Crippen molar-refractivity contribution in [2.75, 3.05) is 18.4 Å². The van der Waals surface area contributed by atoms with Gasteiger partial charge >= 0.3 is 0 Å². The van der Waals surface area contributed by atoms with E-state index in [1.165, 1.54) is 0 Å². The van der Waals surface area contributed by atoms with Crippen molar-refractivity contribution in [1.29, 1.82) is 0 Å². The third-order valence-corrected chi connectivity index (χ3v) is 2.91. The zero-order valence-corrected chi connectivity index (χ0v) is 10.8. The van der Waals surface area contributed by atoms with E-state index in [-0.39, 0.29) is 11.9 Å². The predicted octanol–water partition coefficient (Wildman–Crippen LogP) is 1.11. The Kier molecular flexibility index (Phi) is 3.81. The number of anilines is 1. The van der Waals surface area contributed by atoms with Crippen LogP contribution < -0.4 is 5.32 Å². The molecular formula is C13H19N3O2. The Hall–Kier alpha value is -1.62. The van der Waals surface area contributed by atoms with Gasteiger partial charge in [-0.15, -0.1) is 0 Å². The van der Waals surface area contributed by atoms with Crippen molar-refractivity contribution in [3.8, 4) is 0 Å². The van der Waals surface area contributed by atoms with Crippen LogP contribution in [0, 0.1) is 0 Å². The Morgan fingerprint density at radius 2 is 2.39 bits per heavy atom. The Morgan fingerprint density at radius 1 is 1.61 bits per heavy atom. The van der Waals surface area contributed by atoms with Gasteiger partial charge in [-0.05, 0) is 32.4 Å². The van der Waals surface area contributed by atoms with Gasteiger partial charge in [-0.1, -0.05) is 0 Å². The van der Waals surface area contributed by atoms with Crippen LogP contribution in [0.15, 0.2) is 18.3 Å². The summed E-state index contributed by atoms with van der Waals surface area (Å²) in [6, 6.07) is 3.74. The maximum Gasteiger partial charge on any atom is 0.257 e. The van der Waals surface area contributed by atoms with Crippen molar-refractivity contribution in [1.82, 2.24) is 9.88 Å². The van der Waals surface area contributed by atoms with Gasteiger partial charge in [-0.25, -0.2) is 4.98 Å². The molecule has 2 heterocycles. The van der Waals surface area contributed by atoms with Crippen molar-refractivity contribution >= 4 is 11.7 Å². The van der Waals surface area contributed by atoms with Gasteiger partial charge in [-0.3, -0.25) is 4.79 Å². The number of aromatic nitrogens is 1. The van der Waals surface area contributed by atoms with Crippen LogP contribution in [0.25, 0.3) is 0 Å². The topological polar surface area (TPSA) is 65.5 Å². The molecule has 0 aliphatic carbocycles. The summed E-state index contributed by atoms with van der Waals surface area (Å²) < 4.78 is 0. The summed E-state index contributed by atoms with van der Waals surface area (Å²) in [5.74, 6) is 0.543. The first kappa shape index (κ1) is 12.8. The summed E-state index contributed by atoms with van der Waals surface area (Å²) in [5, 5.41) is 12.7. The minimum absolute atomic E-state index is 0.0669. The molecule has 1 fully saturated rings. The maximum atomic E-state index is 12.3. The molecule has 2 N–H and O–H groups in total. The molecule has 5 nitrogen and oxygen atoms in total. The number of likely N-dealkylation sites (tertiary alicyclic amines) is 1. The second-order valence-electron chi connectivity index (χ2n) is 4.89. The second-order valence-corrected chi connectivity index (χ2v) is 4.89. The summed E-state index contributed by atoms with van der Waals surface area (Å²) in [7, 11) is 0. The number of aliphatic hydroxyl groups is 1. The number of hydrogen-bond donors (Lipinski definition) is 2. The summed E-state index contributed by atoms with van der Waals surface area (Å²) in [6.45, 7) is 5.02. The first-order valence-electron chi connectivity index (χ1n) is 6.27. The molecule has 1 aliphatic rings. The Morgan fingerprint density at radius 3 is 3.00 bits per heavy atom. The lowest BCUT2D eigenvalue weighted by atomic mass is 10.2. The molecule has 1 aromatic heterocycles. The zero-order valence-electron chi connectivity index (χ0n) is 10.8. The standard InChI is InChI=1S/C13H19N3O2/c1-9(2)15-12-11(4-3-6-14-12)13(18)16-7-5-10(17)8-16/h3-4,6,9-10,17H,5,7-8H2,1-2H3,(H,14,15)/t10-/m1/s1. The van der Waals surface area contributed by atoms with E-state index in [0.29, 0.717) is 30.9 Å². The van der Waals surface area contributed by atoms with E-state index in [9.17, 15) is 9.90 Å². The summed E-state index contributed by atoms with van der Waals surface area (Å²) in [5.41, 5.74) is 0.570. The third kappa shape index (κ3) is 2.79. The fraction of sp³-hybridized carbons (Fsp3) is 0.538. The number of nitrogens with one attached hydrogen (secondary N) is 1. The van der Waals surface area contributed by atoms with Crippen molar-refractivity contribution in [3.63, 3.8) is 0 Å². The quantitative estimate of drug-likeness (QED) is 0.842. The van der Waals surface area contributed by atoms with Crippen LogP contribution in [0.1, 0.15) is 30.6 Å². The van der Waals surface area contributed by atoms with Crippen LogP contribution in [0.3, 0.4) is 0 Å². The smallest absolute Gasteiger partial charge is 0.257 e. The Labute approximate surface area is 107 Å². The summed E-state index contributed by atoms with van der Waals surface area (Å²) >= 11 is 0. The van der Waals surface area contributed by atoms with Gasteiger partial charge in [-0.2, -0.15) is 0 Å². The molecule has 0 aromatic carbocycles. The van der Waals surface area contributed by atoms with E-state index in [0.717, 1.165) is 0 Å². The first-order chi connectivity index (χ1) is 8.58. The Bertz CT molecular complexity index is 434. The van der Waals surface area contributed by atoms with Crippen molar-refractivity contribution in [2.45, 2.75) is 32.4 Å². The third-order valence-electron chi connectivity index (χ3n) is 2.91. The number of carbonyl (C=O) groups is 1. The lowest BCUT2D eigenvalue weighted by Gasteiger charge is -2.18. The molecule has 1 amide bonds. The van der Waals surface area contributed by atoms with Crippen molar-refractivity contribution in [2.24, 2.45) is 0 Å². The molecule has 98 valence electrons. The molecule has 18 heavy (non-hydrogen) atoms. The van der Waals surface area contributed by atoms with E-state index in [1.54, 1.807) is 23.2 Å². The first-order valence-corrected chi connectivity index (χ1v) is 6.27. The highest BCUT2D eigenvalue weighted by Crippen LogP contribution is 2.18. The number of hydrogen-bond acceptors (Lipinski definition) is 4. The molecule has 0 saturated carbocycles. The lowest BCUT2D eigenvalue weighted by Crippen LogP contribution is -2.30. The van der Waals surface area contributed by atoms with Crippen LogP contribution in [-0.4, -0.2) is 46.1 Å². The minimum Gasteiger partial charge on any atom is -0.391 e. The number of nitrogens with zero attached hydrogens (tertiary/aromatic N) is 2. The lowest BCUT2D eigenvalue weighted by molar-refractivity contribution is 0.0765. The van der Waals surface area contributed by atoms with E-state index in [1.807, 2.05) is 13.8 Å². The number of carbonyl (C=O) groups excluding carboxylic acids is 1. The number of amides is 1. The van der Waals surface area contributed by atoms with Crippen LogP contribution in [0.2, 0.25) is 0 Å².